The molecule has 4 rings (SSSR count). The molecule has 0 aliphatic carbocycles. The molecule has 2 aromatic carbocycles. The second kappa shape index (κ2) is 8.69. The number of carbonyl (C=O) groups is 1. The lowest BCUT2D eigenvalue weighted by Crippen LogP contribution is -2.15. The Bertz CT molecular complexity index is 1010. The Hall–Kier alpha value is -3.47. The third-order valence-electron chi connectivity index (χ3n) is 4.62. The first kappa shape index (κ1) is 18.9. The summed E-state index contributed by atoms with van der Waals surface area (Å²) < 4.78 is 22.5. The number of allylic oxidation sites excluding steroid dienone is 1. The zero-order valence-electron chi connectivity index (χ0n) is 16.2. The van der Waals surface area contributed by atoms with Crippen molar-refractivity contribution in [3.05, 3.63) is 83.3 Å². The van der Waals surface area contributed by atoms with Gasteiger partial charge in [0.25, 0.3) is 0 Å². The van der Waals surface area contributed by atoms with Gasteiger partial charge in [-0.1, -0.05) is 19.1 Å². The van der Waals surface area contributed by atoms with Crippen LogP contribution in [-0.4, -0.2) is 19.0 Å². The molecule has 3 aromatic rings. The van der Waals surface area contributed by atoms with Gasteiger partial charge in [0, 0.05) is 5.56 Å². The summed E-state index contributed by atoms with van der Waals surface area (Å²) in [6, 6.07) is 16.8. The van der Waals surface area contributed by atoms with Gasteiger partial charge < -0.3 is 18.6 Å². The maximum absolute atomic E-state index is 12.4. The molecule has 1 aliphatic heterocycles. The molecule has 0 atom stereocenters. The normalized spacial score (nSPS) is 12.9. The van der Waals surface area contributed by atoms with E-state index in [1.807, 2.05) is 24.3 Å². The lowest BCUT2D eigenvalue weighted by Gasteiger charge is -2.18. The molecule has 0 fully saturated rings. The van der Waals surface area contributed by atoms with Crippen molar-refractivity contribution in [3.63, 3.8) is 0 Å². The Balaban J connectivity index is 1.35. The number of ketones is 1. The minimum absolute atomic E-state index is 0.132. The first-order valence-corrected chi connectivity index (χ1v) is 9.64. The molecular weight excluding hydrogens is 368 g/mol. The standard InChI is InChI=1S/C24H22O5/c1-2-17-3-6-19(7-4-17)28-16-21-9-8-20(29-21)10-11-22(25)18-5-12-23-24(15-18)27-14-13-26-23/h3-12,15H,2,13-14,16H2,1H3/b11-10+. The number of hydrogen-bond donors (Lipinski definition) is 0. The molecule has 148 valence electrons. The topological polar surface area (TPSA) is 57.9 Å². The van der Waals surface area contributed by atoms with Gasteiger partial charge in [0.05, 0.1) is 0 Å². The first-order chi connectivity index (χ1) is 14.2. The molecule has 5 nitrogen and oxygen atoms in total. The molecule has 2 heterocycles. The van der Waals surface area contributed by atoms with Crippen molar-refractivity contribution in [2.24, 2.45) is 0 Å². The monoisotopic (exact) mass is 390 g/mol. The fourth-order valence-corrected chi connectivity index (χ4v) is 2.99. The van der Waals surface area contributed by atoms with Gasteiger partial charge in [-0.25, -0.2) is 0 Å². The molecule has 0 unspecified atom stereocenters. The van der Waals surface area contributed by atoms with Gasteiger partial charge in [-0.3, -0.25) is 4.79 Å². The number of benzene rings is 2. The highest BCUT2D eigenvalue weighted by Crippen LogP contribution is 2.31. The maximum Gasteiger partial charge on any atom is 0.186 e. The second-order valence-corrected chi connectivity index (χ2v) is 6.65. The largest absolute Gasteiger partial charge is 0.486 e. The van der Waals surface area contributed by atoms with Crippen LogP contribution in [0.5, 0.6) is 17.2 Å². The zero-order valence-corrected chi connectivity index (χ0v) is 16.2. The summed E-state index contributed by atoms with van der Waals surface area (Å²) in [5.41, 5.74) is 1.81. The summed E-state index contributed by atoms with van der Waals surface area (Å²) in [6.45, 7) is 3.46. The minimum Gasteiger partial charge on any atom is -0.486 e. The smallest absolute Gasteiger partial charge is 0.186 e. The number of furan rings is 1. The number of rotatable bonds is 7. The van der Waals surface area contributed by atoms with E-state index in [-0.39, 0.29) is 5.78 Å². The van der Waals surface area contributed by atoms with E-state index in [1.165, 1.54) is 11.6 Å². The van der Waals surface area contributed by atoms with Crippen LogP contribution in [-0.2, 0) is 13.0 Å². The summed E-state index contributed by atoms with van der Waals surface area (Å²) in [5, 5.41) is 0. The Labute approximate surface area is 169 Å². The van der Waals surface area contributed by atoms with Crippen LogP contribution in [0.1, 0.15) is 34.4 Å². The maximum atomic E-state index is 12.4. The molecule has 0 saturated heterocycles. The molecule has 0 amide bonds. The van der Waals surface area contributed by atoms with Crippen LogP contribution < -0.4 is 14.2 Å². The third-order valence-corrected chi connectivity index (χ3v) is 4.62. The van der Waals surface area contributed by atoms with E-state index in [0.717, 1.165) is 12.2 Å². The van der Waals surface area contributed by atoms with E-state index in [4.69, 9.17) is 18.6 Å². The van der Waals surface area contributed by atoms with E-state index < -0.39 is 0 Å². The molecule has 0 spiro atoms. The molecule has 0 radical (unpaired) electrons. The van der Waals surface area contributed by atoms with Crippen molar-refractivity contribution < 1.29 is 23.4 Å². The first-order valence-electron chi connectivity index (χ1n) is 9.64. The predicted octanol–water partition coefficient (Wildman–Crippen LogP) is 5.09. The van der Waals surface area contributed by atoms with Crippen molar-refractivity contribution in [1.82, 2.24) is 0 Å². The highest BCUT2D eigenvalue weighted by atomic mass is 16.6. The Kier molecular flexibility index (Phi) is 5.66. The van der Waals surface area contributed by atoms with Crippen LogP contribution in [0.25, 0.3) is 6.08 Å². The molecule has 29 heavy (non-hydrogen) atoms. The molecule has 0 saturated carbocycles. The van der Waals surface area contributed by atoms with Gasteiger partial charge in [0.15, 0.2) is 17.3 Å². The van der Waals surface area contributed by atoms with Crippen LogP contribution in [0.15, 0.2) is 65.1 Å². The summed E-state index contributed by atoms with van der Waals surface area (Å²) in [7, 11) is 0. The number of aryl methyl sites for hydroxylation is 1. The van der Waals surface area contributed by atoms with E-state index in [0.29, 0.717) is 48.4 Å². The number of hydrogen-bond acceptors (Lipinski definition) is 5. The number of fused-ring (bicyclic) bond motifs is 1. The van der Waals surface area contributed by atoms with E-state index in [9.17, 15) is 4.79 Å². The number of carbonyl (C=O) groups excluding carboxylic acids is 1. The van der Waals surface area contributed by atoms with Crippen LogP contribution in [0.4, 0.5) is 0 Å². The van der Waals surface area contributed by atoms with E-state index >= 15 is 0 Å². The summed E-state index contributed by atoms with van der Waals surface area (Å²) in [5.74, 6) is 3.21. The summed E-state index contributed by atoms with van der Waals surface area (Å²) in [6.07, 6.45) is 4.14. The van der Waals surface area contributed by atoms with Gasteiger partial charge in [0.1, 0.15) is 37.1 Å². The molecule has 0 bridgehead atoms. The minimum atomic E-state index is -0.132. The summed E-state index contributed by atoms with van der Waals surface area (Å²) >= 11 is 0. The SMILES string of the molecule is CCc1ccc(OCc2ccc(/C=C/C(=O)c3ccc4c(c3)OCCO4)o2)cc1. The fraction of sp³-hybridized carbons (Fsp3) is 0.208. The van der Waals surface area contributed by atoms with Gasteiger partial charge in [0.2, 0.25) is 0 Å². The average molecular weight is 390 g/mol. The van der Waals surface area contributed by atoms with Gasteiger partial charge in [-0.05, 0) is 66.6 Å². The number of ether oxygens (including phenoxy) is 3. The lowest BCUT2D eigenvalue weighted by molar-refractivity contribution is 0.104. The van der Waals surface area contributed by atoms with Crippen molar-refractivity contribution in [3.8, 4) is 17.2 Å². The Morgan fingerprint density at radius 2 is 1.79 bits per heavy atom. The highest BCUT2D eigenvalue weighted by Gasteiger charge is 2.13. The summed E-state index contributed by atoms with van der Waals surface area (Å²) in [4.78, 5) is 12.4. The molecule has 1 aromatic heterocycles. The Morgan fingerprint density at radius 3 is 2.59 bits per heavy atom. The highest BCUT2D eigenvalue weighted by molar-refractivity contribution is 6.07. The van der Waals surface area contributed by atoms with Gasteiger partial charge >= 0.3 is 0 Å². The molecule has 1 aliphatic rings. The van der Waals surface area contributed by atoms with Crippen LogP contribution >= 0.6 is 0 Å². The van der Waals surface area contributed by atoms with Crippen molar-refractivity contribution in [1.29, 1.82) is 0 Å². The third kappa shape index (κ3) is 4.69. The van der Waals surface area contributed by atoms with Crippen molar-refractivity contribution in [2.75, 3.05) is 13.2 Å². The fourth-order valence-electron chi connectivity index (χ4n) is 2.99. The molecular formula is C24H22O5. The van der Waals surface area contributed by atoms with Crippen molar-refractivity contribution in [2.45, 2.75) is 20.0 Å². The Morgan fingerprint density at radius 1 is 1.00 bits per heavy atom. The van der Waals surface area contributed by atoms with Crippen LogP contribution in [0, 0.1) is 0 Å². The van der Waals surface area contributed by atoms with Crippen molar-refractivity contribution >= 4 is 11.9 Å². The van der Waals surface area contributed by atoms with E-state index in [2.05, 4.69) is 19.1 Å². The van der Waals surface area contributed by atoms with Crippen LogP contribution in [0.3, 0.4) is 0 Å². The quantitative estimate of drug-likeness (QED) is 0.415. The molecule has 5 heteroatoms. The predicted molar refractivity (Wildman–Crippen MR) is 110 cm³/mol. The van der Waals surface area contributed by atoms with Gasteiger partial charge in [-0.2, -0.15) is 0 Å². The lowest BCUT2D eigenvalue weighted by atomic mass is 10.1. The van der Waals surface area contributed by atoms with Crippen LogP contribution in [0.2, 0.25) is 0 Å². The second-order valence-electron chi connectivity index (χ2n) is 6.65. The average Bonchev–Trinajstić information content (AvgIpc) is 3.24. The van der Waals surface area contributed by atoms with Gasteiger partial charge in [-0.15, -0.1) is 0 Å². The molecule has 0 N–H and O–H groups in total. The zero-order chi connectivity index (χ0) is 20.1. The van der Waals surface area contributed by atoms with E-state index in [1.54, 1.807) is 24.3 Å².